The average molecular weight is 472 g/mol. The van der Waals surface area contributed by atoms with Crippen molar-refractivity contribution >= 4 is 29.1 Å². The fourth-order valence-electron chi connectivity index (χ4n) is 3.21. The van der Waals surface area contributed by atoms with E-state index < -0.39 is 43.3 Å². The number of carbonyl (C=O) groups excluding carboxylic acids is 3. The van der Waals surface area contributed by atoms with Gasteiger partial charge >= 0.3 is 0 Å². The molecule has 0 radical (unpaired) electrons. The van der Waals surface area contributed by atoms with Crippen LogP contribution in [0.1, 0.15) is 37.8 Å². The lowest BCUT2D eigenvalue weighted by molar-refractivity contribution is -0.131. The standard InChI is InChI=1S/C21H18F2N6O3S/c22-21(23)8-15(9-25)29(12-21)18(30)10-27-20(32)16-11-33-17(28-16)7-13-1-3-14(4-2-13)19(31)26-6-5-24/h1-4,11,15H,6-8,10,12H2,(H,26,31)(H,27,32)/t15-/m0/s1. The largest absolute Gasteiger partial charge is 0.342 e. The highest BCUT2D eigenvalue weighted by molar-refractivity contribution is 7.09. The molecule has 1 aromatic heterocycles. The van der Waals surface area contributed by atoms with Gasteiger partial charge in [-0.25, -0.2) is 13.8 Å². The predicted octanol–water partition coefficient (Wildman–Crippen LogP) is 1.48. The summed E-state index contributed by atoms with van der Waals surface area (Å²) in [5, 5.41) is 24.4. The van der Waals surface area contributed by atoms with Crippen LogP contribution in [0.5, 0.6) is 0 Å². The number of aromatic nitrogens is 1. The maximum Gasteiger partial charge on any atom is 0.271 e. The quantitative estimate of drug-likeness (QED) is 0.585. The van der Waals surface area contributed by atoms with Crippen LogP contribution in [0.3, 0.4) is 0 Å². The molecule has 3 rings (SSSR count). The summed E-state index contributed by atoms with van der Waals surface area (Å²) in [7, 11) is 0. The minimum absolute atomic E-state index is 0.0823. The number of carbonyl (C=O) groups is 3. The van der Waals surface area contributed by atoms with Crippen molar-refractivity contribution < 1.29 is 23.2 Å². The number of benzene rings is 1. The number of nitrogens with zero attached hydrogens (tertiary/aromatic N) is 4. The highest BCUT2D eigenvalue weighted by Gasteiger charge is 2.47. The fraction of sp³-hybridized carbons (Fsp3) is 0.333. The van der Waals surface area contributed by atoms with Crippen molar-refractivity contribution in [2.45, 2.75) is 24.8 Å². The summed E-state index contributed by atoms with van der Waals surface area (Å²) >= 11 is 1.23. The molecule has 2 heterocycles. The van der Waals surface area contributed by atoms with Gasteiger partial charge in [-0.1, -0.05) is 12.1 Å². The molecule has 9 nitrogen and oxygen atoms in total. The summed E-state index contributed by atoms with van der Waals surface area (Å²) in [5.74, 6) is -4.87. The third kappa shape index (κ3) is 6.08. The summed E-state index contributed by atoms with van der Waals surface area (Å²) < 4.78 is 27.0. The number of likely N-dealkylation sites (tertiary alicyclic amines) is 1. The molecule has 1 atom stereocenters. The van der Waals surface area contributed by atoms with Crippen molar-refractivity contribution in [2.75, 3.05) is 19.6 Å². The molecule has 0 bridgehead atoms. The van der Waals surface area contributed by atoms with Gasteiger partial charge < -0.3 is 15.5 Å². The van der Waals surface area contributed by atoms with Gasteiger partial charge in [-0.3, -0.25) is 14.4 Å². The molecule has 0 spiro atoms. The normalized spacial score (nSPS) is 16.5. The molecule has 1 saturated heterocycles. The van der Waals surface area contributed by atoms with Gasteiger partial charge in [0.1, 0.15) is 18.3 Å². The number of hydrogen-bond donors (Lipinski definition) is 2. The Hall–Kier alpha value is -3.90. The maximum atomic E-state index is 13.5. The Bertz CT molecular complexity index is 1140. The monoisotopic (exact) mass is 472 g/mol. The number of amides is 3. The molecule has 2 aromatic rings. The van der Waals surface area contributed by atoms with E-state index >= 15 is 0 Å². The Morgan fingerprint density at radius 1 is 1.18 bits per heavy atom. The van der Waals surface area contributed by atoms with Crippen LogP contribution < -0.4 is 10.6 Å². The minimum Gasteiger partial charge on any atom is -0.342 e. The molecule has 1 aromatic carbocycles. The third-order valence-electron chi connectivity index (χ3n) is 4.82. The van der Waals surface area contributed by atoms with E-state index in [2.05, 4.69) is 15.6 Å². The van der Waals surface area contributed by atoms with Crippen molar-refractivity contribution in [3.05, 3.63) is 51.5 Å². The fourth-order valence-corrected chi connectivity index (χ4v) is 4.02. The molecular weight excluding hydrogens is 454 g/mol. The van der Waals surface area contributed by atoms with Crippen LogP contribution in [0.25, 0.3) is 0 Å². The Morgan fingerprint density at radius 2 is 1.91 bits per heavy atom. The lowest BCUT2D eigenvalue weighted by Crippen LogP contribution is -2.43. The SMILES string of the molecule is N#CCNC(=O)c1ccc(Cc2nc(C(=O)NCC(=O)N3CC(F)(F)C[C@H]3C#N)cs2)cc1. The van der Waals surface area contributed by atoms with Crippen molar-refractivity contribution in [1.82, 2.24) is 20.5 Å². The lowest BCUT2D eigenvalue weighted by Gasteiger charge is -2.19. The van der Waals surface area contributed by atoms with E-state index in [1.165, 1.54) is 16.7 Å². The van der Waals surface area contributed by atoms with Gasteiger partial charge in [-0.15, -0.1) is 11.3 Å². The van der Waals surface area contributed by atoms with E-state index in [-0.39, 0.29) is 18.1 Å². The van der Waals surface area contributed by atoms with Gasteiger partial charge in [0.05, 0.1) is 30.2 Å². The first-order valence-electron chi connectivity index (χ1n) is 9.76. The van der Waals surface area contributed by atoms with Gasteiger partial charge in [-0.2, -0.15) is 10.5 Å². The Balaban J connectivity index is 1.53. The van der Waals surface area contributed by atoms with Crippen LogP contribution in [0, 0.1) is 22.7 Å². The summed E-state index contributed by atoms with van der Waals surface area (Å²) in [6.07, 6.45) is -0.312. The average Bonchev–Trinajstić information content (AvgIpc) is 3.39. The molecule has 170 valence electrons. The molecule has 1 aliphatic rings. The summed E-state index contributed by atoms with van der Waals surface area (Å²) in [5.41, 5.74) is 1.34. The van der Waals surface area contributed by atoms with Gasteiger partial charge in [0.25, 0.3) is 17.7 Å². The zero-order valence-electron chi connectivity index (χ0n) is 17.2. The topological polar surface area (TPSA) is 139 Å². The Kier molecular flexibility index (Phi) is 7.30. The van der Waals surface area contributed by atoms with Crippen molar-refractivity contribution in [2.24, 2.45) is 0 Å². The summed E-state index contributed by atoms with van der Waals surface area (Å²) in [4.78, 5) is 41.3. The molecule has 0 aliphatic carbocycles. The number of rotatable bonds is 7. The first kappa shape index (κ1) is 23.8. The van der Waals surface area contributed by atoms with Gasteiger partial charge in [0.2, 0.25) is 5.91 Å². The second-order valence-corrected chi connectivity index (χ2v) is 8.19. The highest BCUT2D eigenvalue weighted by atomic mass is 32.1. The molecule has 1 fully saturated rings. The molecular formula is C21H18F2N6O3S. The summed E-state index contributed by atoms with van der Waals surface area (Å²) in [6, 6.07) is 8.99. The first-order valence-corrected chi connectivity index (χ1v) is 10.6. The van der Waals surface area contributed by atoms with Gasteiger partial charge in [0, 0.05) is 23.8 Å². The molecule has 2 N–H and O–H groups in total. The number of halogens is 2. The molecule has 1 aliphatic heterocycles. The number of nitrogens with one attached hydrogen (secondary N) is 2. The minimum atomic E-state index is -3.12. The van der Waals surface area contributed by atoms with Gasteiger partial charge in [0.15, 0.2) is 0 Å². The Labute approximate surface area is 191 Å². The Morgan fingerprint density at radius 3 is 2.58 bits per heavy atom. The smallest absolute Gasteiger partial charge is 0.271 e. The van der Waals surface area contributed by atoms with Crippen LogP contribution >= 0.6 is 11.3 Å². The molecule has 0 saturated carbocycles. The zero-order valence-corrected chi connectivity index (χ0v) is 18.0. The molecule has 0 unspecified atom stereocenters. The lowest BCUT2D eigenvalue weighted by atomic mass is 10.1. The molecule has 12 heteroatoms. The van der Waals surface area contributed by atoms with Crippen molar-refractivity contribution in [1.29, 1.82) is 10.5 Å². The van der Waals surface area contributed by atoms with Crippen molar-refractivity contribution in [3.63, 3.8) is 0 Å². The van der Waals surface area contributed by atoms with Crippen LogP contribution in [0.15, 0.2) is 29.6 Å². The number of hydrogen-bond acceptors (Lipinski definition) is 7. The van der Waals surface area contributed by atoms with E-state index in [4.69, 9.17) is 10.5 Å². The highest BCUT2D eigenvalue weighted by Crippen LogP contribution is 2.31. The number of nitriles is 2. The van der Waals surface area contributed by atoms with Crippen LogP contribution in [-0.2, 0) is 11.2 Å². The van der Waals surface area contributed by atoms with E-state index in [0.717, 1.165) is 10.5 Å². The van der Waals surface area contributed by atoms with Crippen molar-refractivity contribution in [3.8, 4) is 12.1 Å². The summed E-state index contributed by atoms with van der Waals surface area (Å²) in [6.45, 7) is -1.45. The van der Waals surface area contributed by atoms with E-state index in [0.29, 0.717) is 17.0 Å². The predicted molar refractivity (Wildman–Crippen MR) is 112 cm³/mol. The van der Waals surface area contributed by atoms with Crippen LogP contribution in [0.2, 0.25) is 0 Å². The van der Waals surface area contributed by atoms with Gasteiger partial charge in [-0.05, 0) is 17.7 Å². The van der Waals surface area contributed by atoms with E-state index in [1.807, 2.05) is 6.07 Å². The second kappa shape index (κ2) is 10.1. The van der Waals surface area contributed by atoms with E-state index in [9.17, 15) is 23.2 Å². The molecule has 33 heavy (non-hydrogen) atoms. The second-order valence-electron chi connectivity index (χ2n) is 7.25. The maximum absolute atomic E-state index is 13.5. The third-order valence-corrected chi connectivity index (χ3v) is 5.67. The number of thiazole rings is 1. The number of alkyl halides is 2. The van der Waals surface area contributed by atoms with Crippen LogP contribution in [0.4, 0.5) is 8.78 Å². The van der Waals surface area contributed by atoms with Crippen LogP contribution in [-0.4, -0.2) is 59.2 Å². The molecule has 3 amide bonds. The zero-order chi connectivity index (χ0) is 24.0. The first-order chi connectivity index (χ1) is 15.7. The van der Waals surface area contributed by atoms with E-state index in [1.54, 1.807) is 30.3 Å².